The zero-order valence-corrected chi connectivity index (χ0v) is 17.8. The molecule has 162 valence electrons. The van der Waals surface area contributed by atoms with Crippen LogP contribution in [0.15, 0.2) is 60.7 Å². The van der Waals surface area contributed by atoms with E-state index in [1.807, 2.05) is 48.7 Å². The van der Waals surface area contributed by atoms with Crippen molar-refractivity contribution >= 4 is 23.6 Å². The van der Waals surface area contributed by atoms with E-state index in [2.05, 4.69) is 0 Å². The summed E-state index contributed by atoms with van der Waals surface area (Å²) in [5.41, 5.74) is 3.75. The maximum absolute atomic E-state index is 12.7. The molecule has 0 fully saturated rings. The predicted molar refractivity (Wildman–Crippen MR) is 117 cm³/mol. The summed E-state index contributed by atoms with van der Waals surface area (Å²) in [6.07, 6.45) is -0.179. The van der Waals surface area contributed by atoms with Crippen molar-refractivity contribution in [2.45, 2.75) is 20.3 Å². The lowest BCUT2D eigenvalue weighted by Crippen LogP contribution is -2.32. The van der Waals surface area contributed by atoms with Crippen molar-refractivity contribution in [3.8, 4) is 5.69 Å². The van der Waals surface area contributed by atoms with E-state index in [1.165, 1.54) is 0 Å². The van der Waals surface area contributed by atoms with Crippen LogP contribution in [0.25, 0.3) is 5.69 Å². The molecule has 0 saturated heterocycles. The number of nitrogens with zero attached hydrogens (tertiary/aromatic N) is 2. The number of hydrogen-bond acceptors (Lipinski definition) is 5. The van der Waals surface area contributed by atoms with Gasteiger partial charge in [0.15, 0.2) is 6.61 Å². The fourth-order valence-electron chi connectivity index (χ4n) is 3.96. The van der Waals surface area contributed by atoms with Gasteiger partial charge in [-0.15, -0.1) is 0 Å². The first-order valence-corrected chi connectivity index (χ1v) is 10.3. The second-order valence-electron chi connectivity index (χ2n) is 7.60. The van der Waals surface area contributed by atoms with E-state index >= 15 is 0 Å². The molecule has 7 heteroatoms. The Morgan fingerprint density at radius 3 is 2.09 bits per heavy atom. The molecule has 0 bridgehead atoms. The molecule has 0 N–H and O–H groups in total. The highest BCUT2D eigenvalue weighted by atomic mass is 16.5. The molecule has 4 rings (SSSR count). The minimum Gasteiger partial charge on any atom is -0.457 e. The van der Waals surface area contributed by atoms with Crippen LogP contribution in [0.2, 0.25) is 0 Å². The fraction of sp³-hybridized carbons (Fsp3) is 0.200. The Morgan fingerprint density at radius 2 is 1.47 bits per heavy atom. The number of hydrogen-bond donors (Lipinski definition) is 0. The number of imide groups is 1. The molecule has 1 aliphatic rings. The number of aromatic nitrogens is 1. The van der Waals surface area contributed by atoms with Crippen molar-refractivity contribution in [2.24, 2.45) is 0 Å². The molecule has 2 heterocycles. The smallest absolute Gasteiger partial charge is 0.308 e. The third-order valence-corrected chi connectivity index (χ3v) is 5.53. The van der Waals surface area contributed by atoms with Crippen LogP contribution in [0.4, 0.5) is 0 Å². The molecule has 1 aromatic heterocycles. The highest BCUT2D eigenvalue weighted by Crippen LogP contribution is 2.23. The molecule has 0 saturated carbocycles. The third-order valence-electron chi connectivity index (χ3n) is 5.53. The van der Waals surface area contributed by atoms with Gasteiger partial charge in [-0.1, -0.05) is 30.3 Å². The summed E-state index contributed by atoms with van der Waals surface area (Å²) in [5.74, 6) is -1.81. The van der Waals surface area contributed by atoms with Crippen molar-refractivity contribution in [1.29, 1.82) is 0 Å². The largest absolute Gasteiger partial charge is 0.457 e. The molecule has 3 aromatic rings. The number of benzene rings is 2. The first-order valence-electron chi connectivity index (χ1n) is 10.3. The number of esters is 1. The average Bonchev–Trinajstić information content (AvgIpc) is 3.24. The molecule has 0 radical (unpaired) electrons. The van der Waals surface area contributed by atoms with E-state index in [1.54, 1.807) is 30.3 Å². The molecule has 2 aromatic carbocycles. The van der Waals surface area contributed by atoms with Gasteiger partial charge in [-0.05, 0) is 44.2 Å². The monoisotopic (exact) mass is 430 g/mol. The Morgan fingerprint density at radius 1 is 0.875 bits per heavy atom. The van der Waals surface area contributed by atoms with Gasteiger partial charge in [-0.3, -0.25) is 24.1 Å². The van der Waals surface area contributed by atoms with Crippen LogP contribution in [0, 0.1) is 13.8 Å². The second kappa shape index (κ2) is 8.63. The summed E-state index contributed by atoms with van der Waals surface area (Å²) in [6.45, 7) is 3.25. The van der Waals surface area contributed by atoms with Gasteiger partial charge in [-0.2, -0.15) is 0 Å². The second-order valence-corrected chi connectivity index (χ2v) is 7.60. The van der Waals surface area contributed by atoms with E-state index in [-0.39, 0.29) is 18.7 Å². The lowest BCUT2D eigenvalue weighted by Gasteiger charge is -2.13. The molecule has 0 aliphatic carbocycles. The van der Waals surface area contributed by atoms with Gasteiger partial charge < -0.3 is 9.30 Å². The Balaban J connectivity index is 1.35. The molecule has 7 nitrogen and oxygen atoms in total. The van der Waals surface area contributed by atoms with E-state index in [0.29, 0.717) is 16.7 Å². The molecule has 32 heavy (non-hydrogen) atoms. The van der Waals surface area contributed by atoms with Gasteiger partial charge in [-0.25, -0.2) is 0 Å². The van der Waals surface area contributed by atoms with E-state index in [9.17, 15) is 19.2 Å². The van der Waals surface area contributed by atoms with Crippen molar-refractivity contribution in [2.75, 3.05) is 13.2 Å². The van der Waals surface area contributed by atoms with Crippen molar-refractivity contribution in [1.82, 2.24) is 9.47 Å². The van der Waals surface area contributed by atoms with Crippen LogP contribution < -0.4 is 0 Å². The Hall–Kier alpha value is -4.00. The summed E-state index contributed by atoms with van der Waals surface area (Å²) >= 11 is 0. The quantitative estimate of drug-likeness (QED) is 0.325. The van der Waals surface area contributed by atoms with Crippen LogP contribution in [0.1, 0.15) is 48.9 Å². The maximum Gasteiger partial charge on any atom is 0.308 e. The first kappa shape index (κ1) is 21.2. The number of carbonyl (C=O) groups excluding carboxylic acids is 4. The van der Waals surface area contributed by atoms with Crippen LogP contribution in [0.3, 0.4) is 0 Å². The maximum atomic E-state index is 12.7. The van der Waals surface area contributed by atoms with Gasteiger partial charge >= 0.3 is 5.97 Å². The average molecular weight is 430 g/mol. The van der Waals surface area contributed by atoms with Gasteiger partial charge in [0, 0.05) is 29.2 Å². The summed E-state index contributed by atoms with van der Waals surface area (Å²) in [6, 6.07) is 18.0. The Bertz CT molecular complexity index is 1190. The number of ketones is 1. The minimum atomic E-state index is -0.647. The van der Waals surface area contributed by atoms with Crippen LogP contribution in [-0.4, -0.2) is 46.2 Å². The lowest BCUT2D eigenvalue weighted by atomic mass is 10.1. The highest BCUT2D eigenvalue weighted by molar-refractivity contribution is 6.21. The van der Waals surface area contributed by atoms with Crippen molar-refractivity contribution in [3.63, 3.8) is 0 Å². The van der Waals surface area contributed by atoms with Crippen LogP contribution >= 0.6 is 0 Å². The number of ether oxygens (including phenoxy) is 1. The number of aryl methyl sites for hydroxylation is 1. The summed E-state index contributed by atoms with van der Waals surface area (Å²) in [5, 5.41) is 0. The van der Waals surface area contributed by atoms with Crippen LogP contribution in [-0.2, 0) is 9.53 Å². The molecular weight excluding hydrogens is 408 g/mol. The topological polar surface area (TPSA) is 85.7 Å². The SMILES string of the molecule is Cc1cc(C(=O)COC(=O)CCN2C(=O)c3ccccc3C2=O)c(C)n1-c1ccccc1. The number of para-hydroxylation sites is 1. The number of amides is 2. The molecule has 0 atom stereocenters. The van der Waals surface area contributed by atoms with E-state index < -0.39 is 24.4 Å². The Kier molecular flexibility index (Phi) is 5.73. The van der Waals surface area contributed by atoms with Crippen LogP contribution in [0.5, 0.6) is 0 Å². The van der Waals surface area contributed by atoms with E-state index in [0.717, 1.165) is 22.0 Å². The molecule has 1 aliphatic heterocycles. The number of fused-ring (bicyclic) bond motifs is 1. The molecular formula is C25H22N2O5. The zero-order valence-electron chi connectivity index (χ0n) is 17.8. The number of rotatable bonds is 7. The molecule has 0 unspecified atom stereocenters. The molecule has 2 amide bonds. The first-order chi connectivity index (χ1) is 15.4. The Labute approximate surface area is 185 Å². The summed E-state index contributed by atoms with van der Waals surface area (Å²) < 4.78 is 7.10. The highest BCUT2D eigenvalue weighted by Gasteiger charge is 2.35. The molecule has 0 spiro atoms. The third kappa shape index (κ3) is 3.85. The zero-order chi connectivity index (χ0) is 22.8. The normalized spacial score (nSPS) is 12.8. The van der Waals surface area contributed by atoms with Gasteiger partial charge in [0.1, 0.15) is 0 Å². The lowest BCUT2D eigenvalue weighted by molar-refractivity contribution is -0.142. The summed E-state index contributed by atoms with van der Waals surface area (Å²) in [4.78, 5) is 50.6. The van der Waals surface area contributed by atoms with Crippen molar-refractivity contribution < 1.29 is 23.9 Å². The number of carbonyl (C=O) groups is 4. The predicted octanol–water partition coefficient (Wildman–Crippen LogP) is 3.51. The number of Topliss-reactive ketones (excluding diaryl/α,β-unsaturated/α-hetero) is 1. The minimum absolute atomic E-state index is 0.0953. The van der Waals surface area contributed by atoms with Gasteiger partial charge in [0.25, 0.3) is 11.8 Å². The summed E-state index contributed by atoms with van der Waals surface area (Å²) in [7, 11) is 0. The van der Waals surface area contributed by atoms with Crippen molar-refractivity contribution in [3.05, 3.63) is 88.7 Å². The van der Waals surface area contributed by atoms with Gasteiger partial charge in [0.2, 0.25) is 5.78 Å². The van der Waals surface area contributed by atoms with Gasteiger partial charge in [0.05, 0.1) is 17.5 Å². The standard InChI is InChI=1S/C25H22N2O5/c1-16-14-21(17(2)27(16)18-8-4-3-5-9-18)22(28)15-32-23(29)12-13-26-24(30)19-10-6-7-11-20(19)25(26)31/h3-11,14H,12-13,15H2,1-2H3. The fourth-order valence-corrected chi connectivity index (χ4v) is 3.96. The van der Waals surface area contributed by atoms with E-state index in [4.69, 9.17) is 4.74 Å².